The van der Waals surface area contributed by atoms with Crippen molar-refractivity contribution < 1.29 is 9.84 Å². The smallest absolute Gasteiger partial charge is 0.329 e. The highest BCUT2D eigenvalue weighted by Gasteiger charge is 2.20. The molecule has 0 aliphatic rings. The number of fused-ring (bicyclic) bond motifs is 1. The molecule has 3 rings (SSSR count). The normalized spacial score (nSPS) is 12.4. The number of aromatic amines is 1. The average molecular weight is 489 g/mol. The van der Waals surface area contributed by atoms with Gasteiger partial charge in [0.1, 0.15) is 18.5 Å². The molecule has 0 saturated carbocycles. The molecule has 2 aromatic heterocycles. The van der Waals surface area contributed by atoms with Crippen LogP contribution in [0.4, 0.5) is 0 Å². The average Bonchev–Trinajstić information content (AvgIpc) is 3.19. The summed E-state index contributed by atoms with van der Waals surface area (Å²) in [6.45, 7) is 4.52. The van der Waals surface area contributed by atoms with Crippen LogP contribution in [0.25, 0.3) is 11.2 Å². The van der Waals surface area contributed by atoms with E-state index in [9.17, 15) is 14.7 Å². The monoisotopic (exact) mass is 488 g/mol. The Balaban J connectivity index is 1.72. The van der Waals surface area contributed by atoms with Gasteiger partial charge in [-0.25, -0.2) is 9.78 Å². The van der Waals surface area contributed by atoms with E-state index in [1.54, 1.807) is 23.4 Å². The van der Waals surface area contributed by atoms with Crippen LogP contribution < -0.4 is 16.0 Å². The molecular formula is C25H36N4O4S. The molecule has 0 unspecified atom stereocenters. The zero-order valence-electron chi connectivity index (χ0n) is 20.4. The number of rotatable bonds is 14. The predicted molar refractivity (Wildman–Crippen MR) is 137 cm³/mol. The molecule has 0 bridgehead atoms. The third kappa shape index (κ3) is 6.76. The Labute approximate surface area is 204 Å². The third-order valence-corrected chi connectivity index (χ3v) is 6.93. The van der Waals surface area contributed by atoms with Crippen molar-refractivity contribution in [2.75, 3.05) is 12.4 Å². The van der Waals surface area contributed by atoms with Crippen LogP contribution in [0, 0.1) is 0 Å². The molecule has 0 spiro atoms. The number of hydrogen-bond acceptors (Lipinski definition) is 6. The van der Waals surface area contributed by atoms with E-state index >= 15 is 0 Å². The number of aliphatic hydroxyl groups is 1. The van der Waals surface area contributed by atoms with Crippen LogP contribution in [-0.4, -0.2) is 42.7 Å². The maximum absolute atomic E-state index is 12.6. The number of benzene rings is 1. The largest absolute Gasteiger partial charge is 0.491 e. The van der Waals surface area contributed by atoms with Crippen LogP contribution in [0.15, 0.2) is 39.0 Å². The van der Waals surface area contributed by atoms with Gasteiger partial charge >= 0.3 is 5.69 Å². The molecule has 1 aromatic carbocycles. The van der Waals surface area contributed by atoms with Crippen molar-refractivity contribution in [3.05, 3.63) is 50.7 Å². The van der Waals surface area contributed by atoms with Crippen LogP contribution in [0.3, 0.4) is 0 Å². The van der Waals surface area contributed by atoms with E-state index in [0.29, 0.717) is 22.1 Å². The molecule has 9 heteroatoms. The lowest BCUT2D eigenvalue weighted by Gasteiger charge is -2.15. The maximum Gasteiger partial charge on any atom is 0.329 e. The first-order valence-electron chi connectivity index (χ1n) is 12.2. The summed E-state index contributed by atoms with van der Waals surface area (Å²) in [5.74, 6) is 1.54. The van der Waals surface area contributed by atoms with Crippen molar-refractivity contribution >= 4 is 22.9 Å². The second kappa shape index (κ2) is 12.8. The number of H-pyrrole nitrogens is 1. The minimum Gasteiger partial charge on any atom is -0.491 e. The van der Waals surface area contributed by atoms with E-state index in [0.717, 1.165) is 25.0 Å². The molecule has 1 atom stereocenters. The van der Waals surface area contributed by atoms with Gasteiger partial charge in [-0.15, -0.1) is 0 Å². The summed E-state index contributed by atoms with van der Waals surface area (Å²) in [7, 11) is 1.58. The molecule has 0 fully saturated rings. The van der Waals surface area contributed by atoms with E-state index < -0.39 is 17.4 Å². The molecule has 0 aliphatic carbocycles. The molecule has 0 aliphatic heterocycles. The number of thioether (sulfide) groups is 1. The Morgan fingerprint density at radius 3 is 2.50 bits per heavy atom. The van der Waals surface area contributed by atoms with Gasteiger partial charge in [0.05, 0.1) is 6.54 Å². The van der Waals surface area contributed by atoms with Gasteiger partial charge in [-0.1, -0.05) is 69.8 Å². The molecule has 2 heterocycles. The zero-order chi connectivity index (χ0) is 24.5. The van der Waals surface area contributed by atoms with Crippen LogP contribution in [0.5, 0.6) is 5.75 Å². The summed E-state index contributed by atoms with van der Waals surface area (Å²) in [6.07, 6.45) is 7.26. The standard InChI is InChI=1S/C25H36N4O4S/c1-4-6-7-8-9-10-15-34-25-26-22-21(23(31)27-24(32)28(22)3)29(25)16-19(30)17-33-20-13-11-18(5-2)12-14-20/h11-14,19,30H,4-10,15-17H2,1-3H3,(H,27,31,32)/t19-/m1/s1. The number of unbranched alkanes of at least 4 members (excludes halogenated alkanes) is 5. The number of nitrogens with zero attached hydrogens (tertiary/aromatic N) is 3. The number of aromatic nitrogens is 4. The third-order valence-electron chi connectivity index (χ3n) is 5.87. The van der Waals surface area contributed by atoms with Gasteiger partial charge in [0.2, 0.25) is 0 Å². The molecule has 186 valence electrons. The SMILES string of the molecule is CCCCCCCCSc1nc2c(c(=O)[nH]c(=O)n2C)n1C[C@@H](O)COc1ccc(CC)cc1. The fourth-order valence-electron chi connectivity index (χ4n) is 3.82. The Morgan fingerprint density at radius 2 is 1.79 bits per heavy atom. The topological polar surface area (TPSA) is 102 Å². The van der Waals surface area contributed by atoms with Crippen molar-refractivity contribution in [2.45, 2.75) is 76.6 Å². The van der Waals surface area contributed by atoms with Gasteiger partial charge in [0.25, 0.3) is 5.56 Å². The Bertz CT molecular complexity index is 1170. The van der Waals surface area contributed by atoms with Gasteiger partial charge in [-0.3, -0.25) is 14.3 Å². The summed E-state index contributed by atoms with van der Waals surface area (Å²) >= 11 is 1.55. The summed E-state index contributed by atoms with van der Waals surface area (Å²) in [6, 6.07) is 7.78. The quantitative estimate of drug-likeness (QED) is 0.264. The van der Waals surface area contributed by atoms with Gasteiger partial charge in [-0.2, -0.15) is 0 Å². The lowest BCUT2D eigenvalue weighted by Crippen LogP contribution is -2.30. The fraction of sp³-hybridized carbons (Fsp3) is 0.560. The number of nitrogens with one attached hydrogen (secondary N) is 1. The Kier molecular flexibility index (Phi) is 9.83. The molecule has 34 heavy (non-hydrogen) atoms. The number of aryl methyl sites for hydroxylation is 2. The van der Waals surface area contributed by atoms with Crippen molar-refractivity contribution in [3.8, 4) is 5.75 Å². The van der Waals surface area contributed by atoms with Gasteiger partial charge in [0.15, 0.2) is 16.3 Å². The highest BCUT2D eigenvalue weighted by Crippen LogP contribution is 2.24. The maximum atomic E-state index is 12.6. The molecular weight excluding hydrogens is 452 g/mol. The van der Waals surface area contributed by atoms with Crippen molar-refractivity contribution in [2.24, 2.45) is 7.05 Å². The molecule has 0 amide bonds. The van der Waals surface area contributed by atoms with Crippen LogP contribution >= 0.6 is 11.8 Å². The van der Waals surface area contributed by atoms with E-state index in [1.165, 1.54) is 35.8 Å². The van der Waals surface area contributed by atoms with Crippen LogP contribution in [0.2, 0.25) is 0 Å². The predicted octanol–water partition coefficient (Wildman–Crippen LogP) is 3.88. The molecule has 2 N–H and O–H groups in total. The van der Waals surface area contributed by atoms with E-state index in [4.69, 9.17) is 4.74 Å². The number of aliphatic hydroxyl groups excluding tert-OH is 1. The minimum absolute atomic E-state index is 0.0797. The fourth-order valence-corrected chi connectivity index (χ4v) is 4.82. The lowest BCUT2D eigenvalue weighted by atomic mass is 10.1. The summed E-state index contributed by atoms with van der Waals surface area (Å²) in [4.78, 5) is 31.6. The zero-order valence-corrected chi connectivity index (χ0v) is 21.2. The summed E-state index contributed by atoms with van der Waals surface area (Å²) in [5, 5.41) is 11.3. The van der Waals surface area contributed by atoms with Crippen LogP contribution in [0.1, 0.15) is 57.9 Å². The lowest BCUT2D eigenvalue weighted by molar-refractivity contribution is 0.0913. The molecule has 0 radical (unpaired) electrons. The summed E-state index contributed by atoms with van der Waals surface area (Å²) < 4.78 is 8.80. The first-order valence-corrected chi connectivity index (χ1v) is 13.1. The second-order valence-electron chi connectivity index (χ2n) is 8.57. The number of hydrogen-bond donors (Lipinski definition) is 2. The highest BCUT2D eigenvalue weighted by molar-refractivity contribution is 7.99. The molecule has 0 saturated heterocycles. The Hall–Kier alpha value is -2.52. The number of imidazole rings is 1. The van der Waals surface area contributed by atoms with Crippen molar-refractivity contribution in [1.29, 1.82) is 0 Å². The minimum atomic E-state index is -0.853. The van der Waals surface area contributed by atoms with E-state index in [1.807, 2.05) is 24.3 Å². The van der Waals surface area contributed by atoms with Crippen LogP contribution in [-0.2, 0) is 20.0 Å². The van der Waals surface area contributed by atoms with Gasteiger partial charge in [-0.05, 0) is 30.5 Å². The second-order valence-corrected chi connectivity index (χ2v) is 9.64. The number of ether oxygens (including phenoxy) is 1. The Morgan fingerprint density at radius 1 is 1.09 bits per heavy atom. The van der Waals surface area contributed by atoms with Crippen molar-refractivity contribution in [3.63, 3.8) is 0 Å². The highest BCUT2D eigenvalue weighted by atomic mass is 32.2. The molecule has 8 nitrogen and oxygen atoms in total. The van der Waals surface area contributed by atoms with Gasteiger partial charge in [0, 0.05) is 12.8 Å². The van der Waals surface area contributed by atoms with E-state index in [-0.39, 0.29) is 13.2 Å². The summed E-state index contributed by atoms with van der Waals surface area (Å²) in [5.41, 5.74) is 0.824. The van der Waals surface area contributed by atoms with Crippen molar-refractivity contribution in [1.82, 2.24) is 19.1 Å². The molecule has 3 aromatic rings. The van der Waals surface area contributed by atoms with E-state index in [2.05, 4.69) is 23.8 Å². The van der Waals surface area contributed by atoms with Gasteiger partial charge < -0.3 is 14.4 Å². The first kappa shape index (κ1) is 26.1. The first-order chi connectivity index (χ1) is 16.4.